The Hall–Kier alpha value is -3.12. The number of nitrogens with zero attached hydrogens (tertiary/aromatic N) is 1. The minimum Gasteiger partial charge on any atom is -0.492 e. The van der Waals surface area contributed by atoms with Gasteiger partial charge in [-0.15, -0.1) is 0 Å². The van der Waals surface area contributed by atoms with Crippen molar-refractivity contribution in [2.24, 2.45) is 0 Å². The molecule has 1 aromatic heterocycles. The van der Waals surface area contributed by atoms with Crippen molar-refractivity contribution in [2.75, 3.05) is 26.2 Å². The normalized spacial score (nSPS) is 20.5. The number of hydrogen-bond acceptors (Lipinski definition) is 4. The molecule has 1 atom stereocenters. The number of ether oxygens (including phenoxy) is 1. The smallest absolute Gasteiger partial charge is 0.255 e. The summed E-state index contributed by atoms with van der Waals surface area (Å²) in [6.45, 7) is 3.93. The molecule has 6 nitrogen and oxygen atoms in total. The van der Waals surface area contributed by atoms with E-state index in [1.54, 1.807) is 0 Å². The van der Waals surface area contributed by atoms with Gasteiger partial charge in [-0.25, -0.2) is 0 Å². The second-order valence-corrected chi connectivity index (χ2v) is 9.47. The zero-order chi connectivity index (χ0) is 23.3. The third-order valence-electron chi connectivity index (χ3n) is 7.08. The first kappa shape index (κ1) is 22.7. The van der Waals surface area contributed by atoms with Crippen LogP contribution in [0.2, 0.25) is 0 Å². The van der Waals surface area contributed by atoms with E-state index in [4.69, 9.17) is 4.74 Å². The van der Waals surface area contributed by atoms with Gasteiger partial charge in [0.15, 0.2) is 5.78 Å². The minimum atomic E-state index is -0.140. The van der Waals surface area contributed by atoms with E-state index in [2.05, 4.69) is 27.3 Å². The van der Waals surface area contributed by atoms with Crippen LogP contribution in [0.4, 0.5) is 0 Å². The van der Waals surface area contributed by atoms with E-state index in [1.165, 1.54) is 19.3 Å². The molecule has 2 aliphatic carbocycles. The Morgan fingerprint density at radius 1 is 1.09 bits per heavy atom. The predicted molar refractivity (Wildman–Crippen MR) is 132 cm³/mol. The van der Waals surface area contributed by atoms with Crippen molar-refractivity contribution in [1.29, 1.82) is 0 Å². The average Bonchev–Trinajstić information content (AvgIpc) is 3.31. The Kier molecular flexibility index (Phi) is 6.95. The summed E-state index contributed by atoms with van der Waals surface area (Å²) >= 11 is 0. The molecular weight excluding hydrogens is 426 g/mol. The van der Waals surface area contributed by atoms with Gasteiger partial charge in [0.2, 0.25) is 0 Å². The van der Waals surface area contributed by atoms with Gasteiger partial charge in [0.25, 0.3) is 5.91 Å². The summed E-state index contributed by atoms with van der Waals surface area (Å²) in [4.78, 5) is 31.0. The van der Waals surface area contributed by atoms with E-state index >= 15 is 0 Å². The maximum atomic E-state index is 13.0. The number of hydrogen-bond donors (Lipinski definition) is 2. The molecule has 178 valence electrons. The minimum absolute atomic E-state index is 0.00439. The van der Waals surface area contributed by atoms with E-state index < -0.39 is 0 Å². The van der Waals surface area contributed by atoms with E-state index in [-0.39, 0.29) is 17.6 Å². The Morgan fingerprint density at radius 3 is 2.71 bits per heavy atom. The average molecular weight is 460 g/mol. The van der Waals surface area contributed by atoms with Gasteiger partial charge in [-0.3, -0.25) is 14.5 Å². The first-order chi connectivity index (χ1) is 16.7. The lowest BCUT2D eigenvalue weighted by Gasteiger charge is -2.26. The molecule has 1 aliphatic heterocycles. The van der Waals surface area contributed by atoms with E-state index in [0.29, 0.717) is 18.6 Å². The fourth-order valence-corrected chi connectivity index (χ4v) is 5.15. The largest absolute Gasteiger partial charge is 0.492 e. The molecule has 1 saturated heterocycles. The SMILES string of the molecule is O=C(NC1=CC=CCC1c1cc2c([nH]1)C(=O)CCC2)c1ccc(OCCN2CCCCC2)cc1. The van der Waals surface area contributed by atoms with Crippen LogP contribution in [0, 0.1) is 0 Å². The molecular formula is C28H33N3O3. The Bertz CT molecular complexity index is 1090. The number of benzene rings is 1. The number of amides is 1. The van der Waals surface area contributed by atoms with Crippen molar-refractivity contribution in [3.8, 4) is 5.75 Å². The summed E-state index contributed by atoms with van der Waals surface area (Å²) in [6, 6.07) is 9.45. The highest BCUT2D eigenvalue weighted by Crippen LogP contribution is 2.33. The predicted octanol–water partition coefficient (Wildman–Crippen LogP) is 4.76. The number of aryl methyl sites for hydroxylation is 1. The van der Waals surface area contributed by atoms with Crippen LogP contribution in [0.1, 0.15) is 76.5 Å². The molecule has 2 N–H and O–H groups in total. The van der Waals surface area contributed by atoms with Crippen LogP contribution in [0.3, 0.4) is 0 Å². The number of H-pyrrole nitrogens is 1. The van der Waals surface area contributed by atoms with Gasteiger partial charge in [0, 0.05) is 35.8 Å². The molecule has 2 heterocycles. The number of allylic oxidation sites excluding steroid dienone is 4. The van der Waals surface area contributed by atoms with Crippen molar-refractivity contribution in [1.82, 2.24) is 15.2 Å². The number of ketones is 1. The van der Waals surface area contributed by atoms with Gasteiger partial charge in [-0.2, -0.15) is 0 Å². The molecule has 1 fully saturated rings. The monoisotopic (exact) mass is 459 g/mol. The fourth-order valence-electron chi connectivity index (χ4n) is 5.15. The first-order valence-corrected chi connectivity index (χ1v) is 12.6. The third-order valence-corrected chi connectivity index (χ3v) is 7.08. The summed E-state index contributed by atoms with van der Waals surface area (Å²) in [7, 11) is 0. The molecule has 5 rings (SSSR count). The molecule has 1 unspecified atom stereocenters. The molecule has 0 bridgehead atoms. The number of aromatic nitrogens is 1. The van der Waals surface area contributed by atoms with Crippen molar-refractivity contribution in [2.45, 2.75) is 50.9 Å². The number of carbonyl (C=O) groups is 2. The molecule has 6 heteroatoms. The molecule has 1 amide bonds. The fraction of sp³-hybridized carbons (Fsp3) is 0.429. The van der Waals surface area contributed by atoms with Crippen LogP contribution >= 0.6 is 0 Å². The number of Topliss-reactive ketones (excluding diaryl/α,β-unsaturated/α-hetero) is 1. The van der Waals surface area contributed by atoms with Crippen molar-refractivity contribution >= 4 is 11.7 Å². The van der Waals surface area contributed by atoms with Crippen LogP contribution < -0.4 is 10.1 Å². The maximum absolute atomic E-state index is 13.0. The topological polar surface area (TPSA) is 74.4 Å². The summed E-state index contributed by atoms with van der Waals surface area (Å²) in [5, 5.41) is 3.10. The summed E-state index contributed by atoms with van der Waals surface area (Å²) in [6.07, 6.45) is 13.1. The van der Waals surface area contributed by atoms with E-state index in [0.717, 1.165) is 67.3 Å². The van der Waals surface area contributed by atoms with Crippen molar-refractivity contribution in [3.05, 3.63) is 76.8 Å². The molecule has 3 aliphatic rings. The number of rotatable bonds is 7. The van der Waals surface area contributed by atoms with Crippen LogP contribution in [0.5, 0.6) is 5.75 Å². The number of carbonyl (C=O) groups excluding carboxylic acids is 2. The highest BCUT2D eigenvalue weighted by molar-refractivity contribution is 5.97. The lowest BCUT2D eigenvalue weighted by molar-refractivity contribution is 0.0956. The van der Waals surface area contributed by atoms with Gasteiger partial charge < -0.3 is 15.0 Å². The third kappa shape index (κ3) is 5.17. The highest BCUT2D eigenvalue weighted by Gasteiger charge is 2.26. The van der Waals surface area contributed by atoms with Crippen molar-refractivity contribution < 1.29 is 14.3 Å². The number of likely N-dealkylation sites (tertiary alicyclic amines) is 1. The van der Waals surface area contributed by atoms with Gasteiger partial charge in [0.1, 0.15) is 12.4 Å². The molecule has 0 spiro atoms. The molecule has 34 heavy (non-hydrogen) atoms. The van der Waals surface area contributed by atoms with Crippen LogP contribution in [0.15, 0.2) is 54.3 Å². The summed E-state index contributed by atoms with van der Waals surface area (Å²) in [5.74, 6) is 0.836. The van der Waals surface area contributed by atoms with Crippen LogP contribution in [-0.2, 0) is 6.42 Å². The molecule has 1 aromatic carbocycles. The standard InChI is InChI=1S/C28H33N3O3/c32-26-10-6-7-21-19-25(29-27(21)26)23-8-2-3-9-24(23)30-28(33)20-11-13-22(14-12-20)34-18-17-31-15-4-1-5-16-31/h2-3,9,11-14,19,23,29H,1,4-8,10,15-18H2,(H,30,33). The highest BCUT2D eigenvalue weighted by atomic mass is 16.5. The van der Waals surface area contributed by atoms with Crippen molar-refractivity contribution in [3.63, 3.8) is 0 Å². The van der Waals surface area contributed by atoms with E-state index in [1.807, 2.05) is 36.4 Å². The number of piperidine rings is 1. The maximum Gasteiger partial charge on any atom is 0.255 e. The Morgan fingerprint density at radius 2 is 1.91 bits per heavy atom. The van der Waals surface area contributed by atoms with Gasteiger partial charge >= 0.3 is 0 Å². The van der Waals surface area contributed by atoms with Crippen LogP contribution in [0.25, 0.3) is 0 Å². The quantitative estimate of drug-likeness (QED) is 0.626. The molecule has 0 radical (unpaired) electrons. The second-order valence-electron chi connectivity index (χ2n) is 9.47. The summed E-state index contributed by atoms with van der Waals surface area (Å²) in [5.41, 5.74) is 4.28. The number of fused-ring (bicyclic) bond motifs is 1. The lowest BCUT2D eigenvalue weighted by atomic mass is 9.92. The van der Waals surface area contributed by atoms with Gasteiger partial charge in [0.05, 0.1) is 5.69 Å². The Labute approximate surface area is 201 Å². The molecule has 0 saturated carbocycles. The lowest BCUT2D eigenvalue weighted by Crippen LogP contribution is -2.33. The zero-order valence-corrected chi connectivity index (χ0v) is 19.6. The molecule has 2 aromatic rings. The number of aromatic amines is 1. The second kappa shape index (κ2) is 10.4. The number of nitrogens with one attached hydrogen (secondary N) is 2. The van der Waals surface area contributed by atoms with Crippen LogP contribution in [-0.4, -0.2) is 47.8 Å². The summed E-state index contributed by atoms with van der Waals surface area (Å²) < 4.78 is 5.89. The zero-order valence-electron chi connectivity index (χ0n) is 19.6. The van der Waals surface area contributed by atoms with Gasteiger partial charge in [-0.1, -0.05) is 18.6 Å². The van der Waals surface area contributed by atoms with Gasteiger partial charge in [-0.05, 0) is 87.2 Å². The van der Waals surface area contributed by atoms with E-state index in [9.17, 15) is 9.59 Å². The first-order valence-electron chi connectivity index (χ1n) is 12.6. The Balaban J connectivity index is 1.19.